The van der Waals surface area contributed by atoms with E-state index >= 15 is 0 Å². The largest absolute Gasteiger partial charge is 0.418 e. The molecule has 4 nitrogen and oxygen atoms in total. The minimum Gasteiger partial charge on any atom is -0.418 e. The smallest absolute Gasteiger partial charge is 0.375 e. The molecule has 0 N–H and O–H groups in total. The zero-order valence-corrected chi connectivity index (χ0v) is 15.9. The molecule has 2 atom stereocenters. The quantitative estimate of drug-likeness (QED) is 0.257. The van der Waals surface area contributed by atoms with Crippen LogP contribution in [0.2, 0.25) is 0 Å². The van der Waals surface area contributed by atoms with Crippen molar-refractivity contribution in [2.75, 3.05) is 0 Å². The van der Waals surface area contributed by atoms with Crippen molar-refractivity contribution in [2.45, 2.75) is 64.1 Å². The zero-order valence-electron chi connectivity index (χ0n) is 15.9. The molecule has 176 valence electrons. The summed E-state index contributed by atoms with van der Waals surface area (Å²) >= 11 is 0. The summed E-state index contributed by atoms with van der Waals surface area (Å²) in [5.41, 5.74) is 0. The number of alkyl halides is 10. The lowest BCUT2D eigenvalue weighted by molar-refractivity contribution is -0.318. The molecule has 0 aliphatic heterocycles. The highest BCUT2D eigenvalue weighted by atomic mass is 19.3. The van der Waals surface area contributed by atoms with Crippen LogP contribution in [0.5, 0.6) is 0 Å². The topological polar surface area (TPSA) is 52.6 Å². The van der Waals surface area contributed by atoms with Crippen LogP contribution in [0.15, 0.2) is 12.2 Å². The first kappa shape index (κ1) is 28.0. The van der Waals surface area contributed by atoms with Crippen LogP contribution in [0, 0.1) is 11.8 Å². The number of ether oxygens (including phenoxy) is 2. The van der Waals surface area contributed by atoms with Gasteiger partial charge in [0.05, 0.1) is 0 Å². The van der Waals surface area contributed by atoms with Crippen LogP contribution in [0.25, 0.3) is 0 Å². The Kier molecular flexibility index (Phi) is 8.78. The van der Waals surface area contributed by atoms with E-state index in [4.69, 9.17) is 0 Å². The van der Waals surface area contributed by atoms with E-state index in [9.17, 15) is 53.5 Å². The standard InChI is InChI=1S/C16H18F10O4/c1-7(2)15(25,13(21,22)11(17)18)29-9(27)5-6-10(28)30-16(26,8(3)4)14(23,24)12(19)20/h5-8,11-12H,1-4H3/b6-5+. The molecule has 0 bridgehead atoms. The second-order valence-corrected chi connectivity index (χ2v) is 6.62. The fourth-order valence-corrected chi connectivity index (χ4v) is 1.94. The van der Waals surface area contributed by atoms with Gasteiger partial charge in [-0.1, -0.05) is 27.7 Å². The first-order chi connectivity index (χ1) is 13.3. The Morgan fingerprint density at radius 2 is 0.867 bits per heavy atom. The molecule has 0 saturated carbocycles. The second-order valence-electron chi connectivity index (χ2n) is 6.62. The molecule has 2 unspecified atom stereocenters. The van der Waals surface area contributed by atoms with E-state index in [0.29, 0.717) is 27.7 Å². The van der Waals surface area contributed by atoms with Crippen molar-refractivity contribution in [2.24, 2.45) is 11.8 Å². The van der Waals surface area contributed by atoms with Crippen LogP contribution in [0.4, 0.5) is 43.9 Å². The van der Waals surface area contributed by atoms with Crippen LogP contribution >= 0.6 is 0 Å². The Balaban J connectivity index is 5.56. The number of hydrogen-bond donors (Lipinski definition) is 0. The number of hydrogen-bond acceptors (Lipinski definition) is 4. The Morgan fingerprint density at radius 1 is 0.633 bits per heavy atom. The normalized spacial score (nSPS) is 17.5. The summed E-state index contributed by atoms with van der Waals surface area (Å²) in [5, 5.41) is 0. The van der Waals surface area contributed by atoms with Crippen molar-refractivity contribution >= 4 is 11.9 Å². The van der Waals surface area contributed by atoms with Gasteiger partial charge in [-0.3, -0.25) is 0 Å². The number of carbonyl (C=O) groups is 2. The first-order valence-corrected chi connectivity index (χ1v) is 8.11. The summed E-state index contributed by atoms with van der Waals surface area (Å²) in [5.74, 6) is -28.4. The van der Waals surface area contributed by atoms with Gasteiger partial charge in [-0.15, -0.1) is 0 Å². The monoisotopic (exact) mass is 464 g/mol. The lowest BCUT2D eigenvalue weighted by atomic mass is 9.97. The van der Waals surface area contributed by atoms with E-state index in [0.717, 1.165) is 0 Å². The van der Waals surface area contributed by atoms with Gasteiger partial charge in [-0.05, 0) is 0 Å². The van der Waals surface area contributed by atoms with Gasteiger partial charge in [0.25, 0.3) is 0 Å². The van der Waals surface area contributed by atoms with Crippen LogP contribution in [-0.4, -0.2) is 48.3 Å². The third-order valence-corrected chi connectivity index (χ3v) is 3.80. The summed E-state index contributed by atoms with van der Waals surface area (Å²) in [6.07, 6.45) is -9.63. The number of halogens is 10. The third-order valence-electron chi connectivity index (χ3n) is 3.80. The van der Waals surface area contributed by atoms with Gasteiger partial charge < -0.3 is 9.47 Å². The third kappa shape index (κ3) is 5.36. The predicted molar refractivity (Wildman–Crippen MR) is 80.6 cm³/mol. The van der Waals surface area contributed by atoms with Gasteiger partial charge in [-0.2, -0.15) is 26.3 Å². The fourth-order valence-electron chi connectivity index (χ4n) is 1.94. The molecule has 0 aromatic carbocycles. The second kappa shape index (κ2) is 9.41. The van der Waals surface area contributed by atoms with Gasteiger partial charge in [0.1, 0.15) is 0 Å². The van der Waals surface area contributed by atoms with E-state index in [-0.39, 0.29) is 12.2 Å². The molecule has 0 aromatic heterocycles. The van der Waals surface area contributed by atoms with Crippen LogP contribution < -0.4 is 0 Å². The van der Waals surface area contributed by atoms with E-state index < -0.39 is 60.2 Å². The van der Waals surface area contributed by atoms with Gasteiger partial charge in [0, 0.05) is 24.0 Å². The molecule has 0 spiro atoms. The van der Waals surface area contributed by atoms with Crippen molar-refractivity contribution < 1.29 is 63.0 Å². The molecule has 0 saturated heterocycles. The molecule has 14 heteroatoms. The average Bonchev–Trinajstić information content (AvgIpc) is 2.58. The van der Waals surface area contributed by atoms with Gasteiger partial charge in [0.15, 0.2) is 0 Å². The minimum atomic E-state index is -5.48. The van der Waals surface area contributed by atoms with Crippen molar-refractivity contribution in [3.8, 4) is 0 Å². The maximum Gasteiger partial charge on any atom is 0.375 e. The van der Waals surface area contributed by atoms with E-state index in [1.807, 2.05) is 0 Å². The van der Waals surface area contributed by atoms with Crippen molar-refractivity contribution in [3.63, 3.8) is 0 Å². The van der Waals surface area contributed by atoms with Gasteiger partial charge in [0.2, 0.25) is 0 Å². The van der Waals surface area contributed by atoms with Gasteiger partial charge >= 0.3 is 48.3 Å². The molecule has 0 aliphatic carbocycles. The summed E-state index contributed by atoms with van der Waals surface area (Å²) in [6, 6.07) is 0. The summed E-state index contributed by atoms with van der Waals surface area (Å²) in [4.78, 5) is 22.9. The molecular formula is C16H18F10O4. The lowest BCUT2D eigenvalue weighted by Crippen LogP contribution is -2.55. The van der Waals surface area contributed by atoms with Crippen molar-refractivity contribution in [1.82, 2.24) is 0 Å². The molecule has 30 heavy (non-hydrogen) atoms. The molecule has 0 amide bonds. The SMILES string of the molecule is CC(C)C(F)(OC(=O)/C=C/C(=O)OC(F)(C(C)C)C(F)(F)C(F)F)C(F)(F)C(F)F. The zero-order chi connectivity index (χ0) is 24.3. The lowest BCUT2D eigenvalue weighted by Gasteiger charge is -2.35. The van der Waals surface area contributed by atoms with E-state index in [1.165, 1.54) is 0 Å². The Morgan fingerprint density at radius 3 is 1.03 bits per heavy atom. The fraction of sp³-hybridized carbons (Fsp3) is 0.750. The molecule has 0 fully saturated rings. The van der Waals surface area contributed by atoms with Gasteiger partial charge in [-0.25, -0.2) is 27.2 Å². The molecule has 0 heterocycles. The molecule has 0 rings (SSSR count). The minimum absolute atomic E-state index is 0.220. The van der Waals surface area contributed by atoms with E-state index in [1.54, 1.807) is 0 Å². The maximum absolute atomic E-state index is 14.3. The summed E-state index contributed by atoms with van der Waals surface area (Å²) in [7, 11) is 0. The highest BCUT2D eigenvalue weighted by molar-refractivity contribution is 5.92. The highest BCUT2D eigenvalue weighted by Gasteiger charge is 2.67. The summed E-state index contributed by atoms with van der Waals surface area (Å²) in [6.45, 7) is 2.64. The molecule has 0 aliphatic rings. The Bertz CT molecular complexity index is 596. The van der Waals surface area contributed by atoms with Crippen molar-refractivity contribution in [3.05, 3.63) is 12.2 Å². The highest BCUT2D eigenvalue weighted by Crippen LogP contribution is 2.45. The Hall–Kier alpha value is -2.02. The maximum atomic E-state index is 14.3. The number of rotatable bonds is 10. The summed E-state index contributed by atoms with van der Waals surface area (Å²) < 4.78 is 139. The number of esters is 2. The first-order valence-electron chi connectivity index (χ1n) is 8.11. The van der Waals surface area contributed by atoms with Crippen molar-refractivity contribution in [1.29, 1.82) is 0 Å². The predicted octanol–water partition coefficient (Wildman–Crippen LogP) is 5.07. The van der Waals surface area contributed by atoms with Crippen LogP contribution in [-0.2, 0) is 19.1 Å². The Labute approximate surface area is 164 Å². The molecule has 0 aromatic rings. The van der Waals surface area contributed by atoms with Crippen LogP contribution in [0.1, 0.15) is 27.7 Å². The number of carbonyl (C=O) groups excluding carboxylic acids is 2. The van der Waals surface area contributed by atoms with Crippen LogP contribution in [0.3, 0.4) is 0 Å². The molecule has 0 radical (unpaired) electrons. The molecular weight excluding hydrogens is 446 g/mol. The van der Waals surface area contributed by atoms with E-state index in [2.05, 4.69) is 9.47 Å². The average molecular weight is 464 g/mol.